The number of carbonyl (C=O) groups is 2. The molecule has 2 heterocycles. The van der Waals surface area contributed by atoms with E-state index >= 15 is 0 Å². The molecule has 1 N–H and O–H groups in total. The Morgan fingerprint density at radius 1 is 1.18 bits per heavy atom. The van der Waals surface area contributed by atoms with Crippen molar-refractivity contribution in [1.82, 2.24) is 0 Å². The quantitative estimate of drug-likeness (QED) is 0.646. The molecule has 3 aromatic rings. The number of hydrogen-bond acceptors (Lipinski definition) is 4. The predicted octanol–water partition coefficient (Wildman–Crippen LogP) is 4.53. The van der Waals surface area contributed by atoms with Gasteiger partial charge < -0.3 is 19.4 Å². The smallest absolute Gasteiger partial charge is 0.291 e. The summed E-state index contributed by atoms with van der Waals surface area (Å²) in [5.74, 6) is 0.286. The molecule has 0 fully saturated rings. The van der Waals surface area contributed by atoms with E-state index in [9.17, 15) is 9.59 Å². The van der Waals surface area contributed by atoms with Crippen molar-refractivity contribution in [3.63, 3.8) is 0 Å². The molecule has 4 rings (SSSR count). The lowest BCUT2D eigenvalue weighted by atomic mass is 10.1. The predicted molar refractivity (Wildman–Crippen MR) is 109 cm³/mol. The summed E-state index contributed by atoms with van der Waals surface area (Å²) in [7, 11) is 0. The van der Waals surface area contributed by atoms with Gasteiger partial charge in [-0.05, 0) is 64.3 Å². The number of anilines is 2. The zero-order valence-corrected chi connectivity index (χ0v) is 16.7. The number of rotatable bonds is 4. The first-order valence-electron chi connectivity index (χ1n) is 8.69. The van der Waals surface area contributed by atoms with Crippen LogP contribution >= 0.6 is 15.9 Å². The van der Waals surface area contributed by atoms with Gasteiger partial charge in [-0.3, -0.25) is 9.59 Å². The number of amides is 2. The minimum absolute atomic E-state index is 0.00892. The molecule has 2 aromatic carbocycles. The van der Waals surface area contributed by atoms with Gasteiger partial charge in [0.1, 0.15) is 5.75 Å². The van der Waals surface area contributed by atoms with Crippen molar-refractivity contribution in [2.75, 3.05) is 16.8 Å². The Labute approximate surface area is 170 Å². The molecule has 0 saturated carbocycles. The van der Waals surface area contributed by atoms with Crippen LogP contribution < -0.4 is 15.0 Å². The second-order valence-electron chi connectivity index (χ2n) is 6.44. The van der Waals surface area contributed by atoms with E-state index in [4.69, 9.17) is 9.15 Å². The normalized spacial score (nSPS) is 13.1. The number of benzene rings is 2. The Balaban J connectivity index is 1.62. The number of nitrogens with zero attached hydrogens (tertiary/aromatic N) is 1. The van der Waals surface area contributed by atoms with E-state index in [1.165, 1.54) is 0 Å². The van der Waals surface area contributed by atoms with Gasteiger partial charge in [0, 0.05) is 5.69 Å². The van der Waals surface area contributed by atoms with Crippen molar-refractivity contribution in [2.45, 2.75) is 13.5 Å². The molecule has 1 aliphatic heterocycles. The summed E-state index contributed by atoms with van der Waals surface area (Å²) < 4.78 is 11.3. The summed E-state index contributed by atoms with van der Waals surface area (Å²) in [5.41, 5.74) is 3.33. The lowest BCUT2D eigenvalue weighted by Crippen LogP contribution is -2.38. The highest BCUT2D eigenvalue weighted by molar-refractivity contribution is 9.10. The molecule has 1 aliphatic rings. The molecule has 0 spiro atoms. The largest absolute Gasteiger partial charge is 0.482 e. The molecule has 28 heavy (non-hydrogen) atoms. The fourth-order valence-electron chi connectivity index (χ4n) is 3.04. The third-order valence-corrected chi connectivity index (χ3v) is 4.97. The van der Waals surface area contributed by atoms with Gasteiger partial charge in [-0.2, -0.15) is 0 Å². The maximum absolute atomic E-state index is 12.5. The molecule has 7 heteroatoms. The molecule has 1 aromatic heterocycles. The SMILES string of the molecule is Cc1ccccc1CN1C(=O)COc2ccc(NC(=O)c3ccc(Br)o3)cc21. The maximum atomic E-state index is 12.5. The third-order valence-electron chi connectivity index (χ3n) is 4.55. The van der Waals surface area contributed by atoms with Gasteiger partial charge in [-0.15, -0.1) is 0 Å². The fraction of sp³-hybridized carbons (Fsp3) is 0.143. The lowest BCUT2D eigenvalue weighted by Gasteiger charge is -2.30. The monoisotopic (exact) mass is 440 g/mol. The Kier molecular flexibility index (Phi) is 4.92. The van der Waals surface area contributed by atoms with Crippen LogP contribution in [0.25, 0.3) is 0 Å². The van der Waals surface area contributed by atoms with Crippen LogP contribution in [0.2, 0.25) is 0 Å². The fourth-order valence-corrected chi connectivity index (χ4v) is 3.35. The number of fused-ring (bicyclic) bond motifs is 1. The van der Waals surface area contributed by atoms with Crippen LogP contribution in [-0.4, -0.2) is 18.4 Å². The van der Waals surface area contributed by atoms with Crippen molar-refractivity contribution < 1.29 is 18.7 Å². The summed E-state index contributed by atoms with van der Waals surface area (Å²) in [6.45, 7) is 2.44. The maximum Gasteiger partial charge on any atom is 0.291 e. The van der Waals surface area contributed by atoms with Crippen LogP contribution in [0.15, 0.2) is 63.7 Å². The Morgan fingerprint density at radius 3 is 2.75 bits per heavy atom. The number of halogens is 1. The molecule has 0 saturated heterocycles. The third kappa shape index (κ3) is 3.66. The van der Waals surface area contributed by atoms with Crippen molar-refractivity contribution >= 4 is 39.1 Å². The van der Waals surface area contributed by atoms with Crippen molar-refractivity contribution in [1.29, 1.82) is 0 Å². The molecule has 2 amide bonds. The Morgan fingerprint density at radius 2 is 2.00 bits per heavy atom. The standard InChI is InChI=1S/C21H17BrN2O4/c1-13-4-2-3-5-14(13)11-24-16-10-15(6-7-17(16)27-12-20(24)25)23-21(26)18-8-9-19(22)28-18/h2-10H,11-12H2,1H3,(H,23,26). The zero-order valence-electron chi connectivity index (χ0n) is 15.1. The van der Waals surface area contributed by atoms with Gasteiger partial charge in [0.05, 0.1) is 12.2 Å². The molecule has 0 atom stereocenters. The zero-order chi connectivity index (χ0) is 19.7. The molecule has 0 unspecified atom stereocenters. The lowest BCUT2D eigenvalue weighted by molar-refractivity contribution is -0.121. The molecule has 142 valence electrons. The van der Waals surface area contributed by atoms with E-state index in [0.717, 1.165) is 11.1 Å². The Bertz CT molecular complexity index is 1060. The molecule has 0 aliphatic carbocycles. The molecule has 6 nitrogen and oxygen atoms in total. The second kappa shape index (κ2) is 7.52. The summed E-state index contributed by atoms with van der Waals surface area (Å²) in [5, 5.41) is 2.79. The number of carbonyl (C=O) groups excluding carboxylic acids is 2. The molecule has 0 bridgehead atoms. The van der Waals surface area contributed by atoms with Crippen LogP contribution in [0.1, 0.15) is 21.7 Å². The van der Waals surface area contributed by atoms with Crippen LogP contribution in [0, 0.1) is 6.92 Å². The van der Waals surface area contributed by atoms with Crippen LogP contribution in [0.5, 0.6) is 5.75 Å². The average Bonchev–Trinajstić information content (AvgIpc) is 3.12. The number of hydrogen-bond donors (Lipinski definition) is 1. The summed E-state index contributed by atoms with van der Waals surface area (Å²) >= 11 is 3.18. The van der Waals surface area contributed by atoms with Gasteiger partial charge >= 0.3 is 0 Å². The first-order chi connectivity index (χ1) is 13.5. The van der Waals surface area contributed by atoms with E-state index in [0.29, 0.717) is 28.3 Å². The molecule has 0 radical (unpaired) electrons. The van der Waals surface area contributed by atoms with Crippen molar-refractivity contribution in [3.8, 4) is 5.75 Å². The second-order valence-corrected chi connectivity index (χ2v) is 7.22. The number of aryl methyl sites for hydroxylation is 1. The molecular weight excluding hydrogens is 424 g/mol. The summed E-state index contributed by atoms with van der Waals surface area (Å²) in [6, 6.07) is 16.4. The average molecular weight is 441 g/mol. The first-order valence-corrected chi connectivity index (χ1v) is 9.49. The van der Waals surface area contributed by atoms with Gasteiger partial charge in [0.15, 0.2) is 17.0 Å². The summed E-state index contributed by atoms with van der Waals surface area (Å²) in [6.07, 6.45) is 0. The highest BCUT2D eigenvalue weighted by atomic mass is 79.9. The van der Waals surface area contributed by atoms with Crippen LogP contribution in [0.3, 0.4) is 0 Å². The van der Waals surface area contributed by atoms with Gasteiger partial charge in [0.2, 0.25) is 0 Å². The minimum Gasteiger partial charge on any atom is -0.482 e. The topological polar surface area (TPSA) is 71.8 Å². The van der Waals surface area contributed by atoms with E-state index in [1.807, 2.05) is 31.2 Å². The highest BCUT2D eigenvalue weighted by Crippen LogP contribution is 2.36. The number of nitrogens with one attached hydrogen (secondary N) is 1. The van der Waals surface area contributed by atoms with Gasteiger partial charge in [-0.25, -0.2) is 0 Å². The Hall–Kier alpha value is -3.06. The van der Waals surface area contributed by atoms with Crippen LogP contribution in [0.4, 0.5) is 11.4 Å². The minimum atomic E-state index is -0.376. The first kappa shape index (κ1) is 18.3. The van der Waals surface area contributed by atoms with E-state index in [-0.39, 0.29) is 24.2 Å². The van der Waals surface area contributed by atoms with E-state index in [1.54, 1.807) is 35.2 Å². The number of furan rings is 1. The van der Waals surface area contributed by atoms with Crippen molar-refractivity contribution in [3.05, 3.63) is 76.2 Å². The van der Waals surface area contributed by atoms with Gasteiger partial charge in [0.25, 0.3) is 11.8 Å². The van der Waals surface area contributed by atoms with Crippen LogP contribution in [-0.2, 0) is 11.3 Å². The van der Waals surface area contributed by atoms with Crippen molar-refractivity contribution in [2.24, 2.45) is 0 Å². The summed E-state index contributed by atoms with van der Waals surface area (Å²) in [4.78, 5) is 26.5. The van der Waals surface area contributed by atoms with E-state index < -0.39 is 0 Å². The molecular formula is C21H17BrN2O4. The van der Waals surface area contributed by atoms with Gasteiger partial charge in [-0.1, -0.05) is 24.3 Å². The highest BCUT2D eigenvalue weighted by Gasteiger charge is 2.26. The number of ether oxygens (including phenoxy) is 1. The van der Waals surface area contributed by atoms with E-state index in [2.05, 4.69) is 21.2 Å².